The SMILES string of the molecule is CC(C)Cc1nc(Cc2cccc(Br)c2)nc(N)c1Br. The van der Waals surface area contributed by atoms with E-state index in [1.165, 1.54) is 0 Å². The van der Waals surface area contributed by atoms with Gasteiger partial charge in [-0.15, -0.1) is 0 Å². The molecule has 2 aromatic rings. The summed E-state index contributed by atoms with van der Waals surface area (Å²) in [6.45, 7) is 4.33. The van der Waals surface area contributed by atoms with E-state index < -0.39 is 0 Å². The molecule has 1 aromatic heterocycles. The highest BCUT2D eigenvalue weighted by atomic mass is 79.9. The van der Waals surface area contributed by atoms with E-state index in [-0.39, 0.29) is 0 Å². The third kappa shape index (κ3) is 4.03. The molecule has 0 radical (unpaired) electrons. The third-order valence-electron chi connectivity index (χ3n) is 2.84. The molecule has 0 bridgehead atoms. The fourth-order valence-electron chi connectivity index (χ4n) is 2.00. The molecule has 0 aliphatic carbocycles. The van der Waals surface area contributed by atoms with Crippen molar-refractivity contribution in [2.24, 2.45) is 5.92 Å². The second-order valence-corrected chi connectivity index (χ2v) is 6.90. The number of nitrogens with two attached hydrogens (primary N) is 1. The number of halogens is 2. The number of aromatic nitrogens is 2. The van der Waals surface area contributed by atoms with E-state index in [1.54, 1.807) is 0 Å². The number of benzene rings is 1. The van der Waals surface area contributed by atoms with Crippen LogP contribution in [0.4, 0.5) is 5.82 Å². The molecule has 0 spiro atoms. The van der Waals surface area contributed by atoms with Gasteiger partial charge in [0, 0.05) is 10.9 Å². The van der Waals surface area contributed by atoms with Crippen molar-refractivity contribution in [2.75, 3.05) is 5.73 Å². The van der Waals surface area contributed by atoms with E-state index in [2.05, 4.69) is 67.8 Å². The summed E-state index contributed by atoms with van der Waals surface area (Å²) >= 11 is 6.96. The average molecular weight is 399 g/mol. The van der Waals surface area contributed by atoms with Crippen molar-refractivity contribution >= 4 is 37.7 Å². The Morgan fingerprint density at radius 3 is 2.60 bits per heavy atom. The minimum atomic E-state index is 0.514. The van der Waals surface area contributed by atoms with Crippen LogP contribution in [-0.4, -0.2) is 9.97 Å². The van der Waals surface area contributed by atoms with Gasteiger partial charge in [0.2, 0.25) is 0 Å². The molecule has 2 rings (SSSR count). The molecule has 5 heteroatoms. The molecular formula is C15H17Br2N3. The lowest BCUT2D eigenvalue weighted by atomic mass is 10.1. The Kier molecular flexibility index (Phi) is 5.16. The largest absolute Gasteiger partial charge is 0.383 e. The molecule has 1 aromatic carbocycles. The Labute approximate surface area is 136 Å². The first-order valence-corrected chi connectivity index (χ1v) is 8.09. The summed E-state index contributed by atoms with van der Waals surface area (Å²) in [6.07, 6.45) is 1.57. The third-order valence-corrected chi connectivity index (χ3v) is 4.20. The lowest BCUT2D eigenvalue weighted by molar-refractivity contribution is 0.629. The van der Waals surface area contributed by atoms with Gasteiger partial charge in [-0.25, -0.2) is 9.97 Å². The molecule has 0 amide bonds. The predicted octanol–water partition coefficient (Wildman–Crippen LogP) is 4.37. The summed E-state index contributed by atoms with van der Waals surface area (Å²) in [5.74, 6) is 1.81. The maximum Gasteiger partial charge on any atom is 0.141 e. The average Bonchev–Trinajstić information content (AvgIpc) is 2.35. The predicted molar refractivity (Wildman–Crippen MR) is 89.6 cm³/mol. The second-order valence-electron chi connectivity index (χ2n) is 5.19. The molecule has 0 saturated heterocycles. The topological polar surface area (TPSA) is 51.8 Å². The molecule has 0 aliphatic rings. The van der Waals surface area contributed by atoms with Crippen LogP contribution in [-0.2, 0) is 12.8 Å². The molecule has 20 heavy (non-hydrogen) atoms. The fourth-order valence-corrected chi connectivity index (χ4v) is 2.78. The van der Waals surface area contributed by atoms with Crippen LogP contribution in [0.25, 0.3) is 0 Å². The van der Waals surface area contributed by atoms with E-state index in [9.17, 15) is 0 Å². The van der Waals surface area contributed by atoms with E-state index in [0.717, 1.165) is 32.4 Å². The van der Waals surface area contributed by atoms with Crippen molar-refractivity contribution in [1.82, 2.24) is 9.97 Å². The zero-order valence-corrected chi connectivity index (χ0v) is 14.7. The quantitative estimate of drug-likeness (QED) is 0.831. The summed E-state index contributed by atoms with van der Waals surface area (Å²) in [5.41, 5.74) is 8.12. The summed E-state index contributed by atoms with van der Waals surface area (Å²) in [4.78, 5) is 9.02. The standard InChI is InChI=1S/C15H17Br2N3/c1-9(2)6-12-14(17)15(18)20-13(19-12)8-10-4-3-5-11(16)7-10/h3-5,7,9H,6,8H2,1-2H3,(H2,18,19,20). The van der Waals surface area contributed by atoms with E-state index >= 15 is 0 Å². The Hall–Kier alpha value is -0.940. The molecule has 106 valence electrons. The van der Waals surface area contributed by atoms with Crippen LogP contribution in [0, 0.1) is 5.92 Å². The number of nitrogen functional groups attached to an aromatic ring is 1. The van der Waals surface area contributed by atoms with Crippen LogP contribution in [0.2, 0.25) is 0 Å². The number of hydrogen-bond acceptors (Lipinski definition) is 3. The minimum absolute atomic E-state index is 0.514. The van der Waals surface area contributed by atoms with Crippen LogP contribution in [0.5, 0.6) is 0 Å². The molecule has 0 fully saturated rings. The first-order valence-electron chi connectivity index (χ1n) is 6.51. The smallest absolute Gasteiger partial charge is 0.141 e. The summed E-state index contributed by atoms with van der Waals surface area (Å²) in [7, 11) is 0. The van der Waals surface area contributed by atoms with Gasteiger partial charge in [-0.1, -0.05) is 41.9 Å². The van der Waals surface area contributed by atoms with Crippen molar-refractivity contribution in [2.45, 2.75) is 26.7 Å². The summed E-state index contributed by atoms with van der Waals surface area (Å²) in [5, 5.41) is 0. The highest BCUT2D eigenvalue weighted by molar-refractivity contribution is 9.10. The highest BCUT2D eigenvalue weighted by Crippen LogP contribution is 2.24. The van der Waals surface area contributed by atoms with Gasteiger partial charge in [-0.05, 0) is 46.0 Å². The minimum Gasteiger partial charge on any atom is -0.383 e. The molecule has 0 atom stereocenters. The molecule has 0 unspecified atom stereocenters. The Morgan fingerprint density at radius 2 is 1.95 bits per heavy atom. The zero-order chi connectivity index (χ0) is 14.7. The van der Waals surface area contributed by atoms with Crippen molar-refractivity contribution in [3.05, 3.63) is 50.3 Å². The molecule has 1 heterocycles. The Morgan fingerprint density at radius 1 is 1.20 bits per heavy atom. The van der Waals surface area contributed by atoms with Crippen LogP contribution in [0.3, 0.4) is 0 Å². The van der Waals surface area contributed by atoms with Crippen molar-refractivity contribution in [1.29, 1.82) is 0 Å². The molecule has 0 aliphatic heterocycles. The lowest BCUT2D eigenvalue weighted by Crippen LogP contribution is -2.08. The second kappa shape index (κ2) is 6.68. The molecule has 3 nitrogen and oxygen atoms in total. The van der Waals surface area contributed by atoms with Gasteiger partial charge in [0.15, 0.2) is 0 Å². The lowest BCUT2D eigenvalue weighted by Gasteiger charge is -2.11. The maximum atomic E-state index is 5.97. The van der Waals surface area contributed by atoms with Gasteiger partial charge in [0.25, 0.3) is 0 Å². The van der Waals surface area contributed by atoms with Crippen LogP contribution < -0.4 is 5.73 Å². The van der Waals surface area contributed by atoms with Gasteiger partial charge in [-0.2, -0.15) is 0 Å². The normalized spacial score (nSPS) is 11.1. The Balaban J connectivity index is 2.30. The van der Waals surface area contributed by atoms with E-state index in [1.807, 2.05) is 12.1 Å². The van der Waals surface area contributed by atoms with E-state index in [4.69, 9.17) is 5.73 Å². The number of anilines is 1. The first kappa shape index (κ1) is 15.4. The van der Waals surface area contributed by atoms with Crippen LogP contribution >= 0.6 is 31.9 Å². The monoisotopic (exact) mass is 397 g/mol. The van der Waals surface area contributed by atoms with Gasteiger partial charge in [-0.3, -0.25) is 0 Å². The molecular weight excluding hydrogens is 382 g/mol. The van der Waals surface area contributed by atoms with E-state index in [0.29, 0.717) is 18.2 Å². The van der Waals surface area contributed by atoms with Crippen LogP contribution in [0.1, 0.15) is 30.9 Å². The van der Waals surface area contributed by atoms with Gasteiger partial charge in [0.05, 0.1) is 10.2 Å². The maximum absolute atomic E-state index is 5.97. The Bertz CT molecular complexity index is 612. The fraction of sp³-hybridized carbons (Fsp3) is 0.333. The number of nitrogens with zero attached hydrogens (tertiary/aromatic N) is 2. The van der Waals surface area contributed by atoms with Gasteiger partial charge in [0.1, 0.15) is 11.6 Å². The summed E-state index contributed by atoms with van der Waals surface area (Å²) < 4.78 is 1.88. The summed E-state index contributed by atoms with van der Waals surface area (Å²) in [6, 6.07) is 8.15. The molecule has 2 N–H and O–H groups in total. The highest BCUT2D eigenvalue weighted by Gasteiger charge is 2.12. The number of hydrogen-bond donors (Lipinski definition) is 1. The van der Waals surface area contributed by atoms with Crippen molar-refractivity contribution in [3.63, 3.8) is 0 Å². The van der Waals surface area contributed by atoms with Crippen LogP contribution in [0.15, 0.2) is 33.2 Å². The van der Waals surface area contributed by atoms with Gasteiger partial charge >= 0.3 is 0 Å². The molecule has 0 saturated carbocycles. The van der Waals surface area contributed by atoms with Gasteiger partial charge < -0.3 is 5.73 Å². The zero-order valence-electron chi connectivity index (χ0n) is 11.5. The first-order chi connectivity index (χ1) is 9.45. The van der Waals surface area contributed by atoms with Crippen molar-refractivity contribution in [3.8, 4) is 0 Å². The number of rotatable bonds is 4. The van der Waals surface area contributed by atoms with Crippen molar-refractivity contribution < 1.29 is 0 Å².